The predicted molar refractivity (Wildman–Crippen MR) is 141 cm³/mol. The Bertz CT molecular complexity index is 1290. The molecule has 0 heterocycles. The number of benzene rings is 3. The number of carboxylic acid groups (broad SMARTS) is 1. The lowest BCUT2D eigenvalue weighted by Gasteiger charge is -2.30. The van der Waals surface area contributed by atoms with Crippen molar-refractivity contribution in [1.29, 1.82) is 0 Å². The molecule has 0 amide bonds. The Morgan fingerprint density at radius 3 is 2.49 bits per heavy atom. The summed E-state index contributed by atoms with van der Waals surface area (Å²) in [5.74, 6) is -1.33. The fourth-order valence-electron chi connectivity index (χ4n) is 6.12. The van der Waals surface area contributed by atoms with Crippen molar-refractivity contribution in [1.82, 2.24) is 0 Å². The van der Waals surface area contributed by atoms with Crippen LogP contribution in [0.15, 0.2) is 60.7 Å². The molecule has 194 valence electrons. The molecule has 1 N–H and O–H groups in total. The zero-order valence-corrected chi connectivity index (χ0v) is 21.5. The molecule has 0 spiro atoms. The first-order valence-electron chi connectivity index (χ1n) is 13.3. The van der Waals surface area contributed by atoms with E-state index < -0.39 is 11.8 Å². The van der Waals surface area contributed by atoms with Gasteiger partial charge in [0.15, 0.2) is 11.6 Å². The van der Waals surface area contributed by atoms with Crippen LogP contribution in [0.1, 0.15) is 80.9 Å². The Kier molecular flexibility index (Phi) is 7.06. The molecule has 0 bridgehead atoms. The van der Waals surface area contributed by atoms with Crippen molar-refractivity contribution in [3.8, 4) is 16.9 Å². The number of halogens is 2. The highest BCUT2D eigenvalue weighted by molar-refractivity contribution is 5.70. The summed E-state index contributed by atoms with van der Waals surface area (Å²) in [4.78, 5) is 11.4. The summed E-state index contributed by atoms with van der Waals surface area (Å²) in [5, 5.41) is 9.33. The molecule has 3 nitrogen and oxygen atoms in total. The first kappa shape index (κ1) is 25.4. The van der Waals surface area contributed by atoms with E-state index in [0.29, 0.717) is 11.1 Å². The number of carboxylic acids is 1. The van der Waals surface area contributed by atoms with Crippen molar-refractivity contribution < 1.29 is 23.4 Å². The van der Waals surface area contributed by atoms with Gasteiger partial charge in [-0.15, -0.1) is 0 Å². The molecule has 0 aliphatic heterocycles. The van der Waals surface area contributed by atoms with E-state index in [1.807, 2.05) is 24.3 Å². The summed E-state index contributed by atoms with van der Waals surface area (Å²) in [5.41, 5.74) is 4.02. The van der Waals surface area contributed by atoms with Gasteiger partial charge in [0.2, 0.25) is 0 Å². The third kappa shape index (κ3) is 5.41. The molecule has 0 radical (unpaired) electrons. The fourth-order valence-corrected chi connectivity index (χ4v) is 6.12. The molecule has 2 fully saturated rings. The standard InChI is InChI=1S/C32H34F2O3/c1-32(2)16-6-9-27(32)26-17-20(12-15-22(26)23-7-3-4-10-28(23)33)19-37-29-11-5-8-24(31(29)34)25(18-30(35)36)21-13-14-21/h3-5,7-8,10-12,15,17,21,25,27H,6,9,13-14,16,18-19H2,1-2H3,(H,35,36)/t25-,27-/m1/s1. The Hall–Kier alpha value is -3.21. The average Bonchev–Trinajstić information content (AvgIpc) is 3.64. The Morgan fingerprint density at radius 1 is 1.03 bits per heavy atom. The molecule has 0 aromatic heterocycles. The largest absolute Gasteiger partial charge is 0.486 e. The highest BCUT2D eigenvalue weighted by Crippen LogP contribution is 2.51. The summed E-state index contributed by atoms with van der Waals surface area (Å²) >= 11 is 0. The van der Waals surface area contributed by atoms with Crippen LogP contribution in [0.2, 0.25) is 0 Å². The van der Waals surface area contributed by atoms with Crippen LogP contribution < -0.4 is 4.74 Å². The summed E-state index contributed by atoms with van der Waals surface area (Å²) in [6.07, 6.45) is 5.07. The lowest BCUT2D eigenvalue weighted by molar-refractivity contribution is -0.137. The minimum atomic E-state index is -0.917. The van der Waals surface area contributed by atoms with Crippen LogP contribution >= 0.6 is 0 Å². The zero-order chi connectivity index (χ0) is 26.2. The first-order chi connectivity index (χ1) is 17.7. The van der Waals surface area contributed by atoms with Crippen molar-refractivity contribution in [3.05, 3.63) is 89.0 Å². The van der Waals surface area contributed by atoms with E-state index >= 15 is 4.39 Å². The number of carbonyl (C=O) groups is 1. The molecule has 0 saturated heterocycles. The van der Waals surface area contributed by atoms with Gasteiger partial charge in [-0.1, -0.05) is 68.8 Å². The highest BCUT2D eigenvalue weighted by atomic mass is 19.1. The predicted octanol–water partition coefficient (Wildman–Crippen LogP) is 8.47. The fraction of sp³-hybridized carbons (Fsp3) is 0.406. The normalized spacial score (nSPS) is 19.5. The van der Waals surface area contributed by atoms with Gasteiger partial charge in [-0.2, -0.15) is 0 Å². The third-order valence-electron chi connectivity index (χ3n) is 8.29. The van der Waals surface area contributed by atoms with Gasteiger partial charge in [-0.3, -0.25) is 4.79 Å². The van der Waals surface area contributed by atoms with Gasteiger partial charge >= 0.3 is 5.97 Å². The van der Waals surface area contributed by atoms with E-state index in [2.05, 4.69) is 19.9 Å². The second-order valence-corrected chi connectivity index (χ2v) is 11.3. The van der Waals surface area contributed by atoms with Gasteiger partial charge < -0.3 is 9.84 Å². The van der Waals surface area contributed by atoms with Crippen LogP contribution in [0.4, 0.5) is 8.78 Å². The summed E-state index contributed by atoms with van der Waals surface area (Å²) in [6, 6.07) is 17.9. The molecule has 2 aliphatic carbocycles. The van der Waals surface area contributed by atoms with E-state index in [4.69, 9.17) is 4.74 Å². The van der Waals surface area contributed by atoms with Crippen LogP contribution in [0, 0.1) is 23.0 Å². The lowest BCUT2D eigenvalue weighted by atomic mass is 9.75. The van der Waals surface area contributed by atoms with Gasteiger partial charge in [0.25, 0.3) is 0 Å². The quantitative estimate of drug-likeness (QED) is 0.318. The van der Waals surface area contributed by atoms with Gasteiger partial charge in [-0.25, -0.2) is 8.78 Å². The minimum Gasteiger partial charge on any atom is -0.486 e. The van der Waals surface area contributed by atoms with Crippen molar-refractivity contribution in [2.75, 3.05) is 0 Å². The molecule has 2 saturated carbocycles. The summed E-state index contributed by atoms with van der Waals surface area (Å²) < 4.78 is 36.2. The maximum atomic E-state index is 15.5. The van der Waals surface area contributed by atoms with Crippen molar-refractivity contribution >= 4 is 5.97 Å². The van der Waals surface area contributed by atoms with Crippen LogP contribution in [-0.2, 0) is 11.4 Å². The third-order valence-corrected chi connectivity index (χ3v) is 8.29. The second kappa shape index (κ2) is 10.3. The van der Waals surface area contributed by atoms with Crippen molar-refractivity contribution in [2.24, 2.45) is 11.3 Å². The van der Waals surface area contributed by atoms with Crippen LogP contribution in [0.25, 0.3) is 11.1 Å². The zero-order valence-electron chi connectivity index (χ0n) is 21.5. The molecule has 0 unspecified atom stereocenters. The highest BCUT2D eigenvalue weighted by Gasteiger charge is 2.37. The molecule has 37 heavy (non-hydrogen) atoms. The average molecular weight is 505 g/mol. The van der Waals surface area contributed by atoms with Crippen molar-refractivity contribution in [3.63, 3.8) is 0 Å². The number of ether oxygens (including phenoxy) is 1. The molecule has 3 aromatic rings. The van der Waals surface area contributed by atoms with Crippen LogP contribution in [0.3, 0.4) is 0 Å². The van der Waals surface area contributed by atoms with E-state index in [-0.39, 0.29) is 47.8 Å². The number of rotatable bonds is 9. The summed E-state index contributed by atoms with van der Waals surface area (Å²) in [6.45, 7) is 4.71. The van der Waals surface area contributed by atoms with Gasteiger partial charge in [-0.05, 0) is 77.3 Å². The molecule has 5 rings (SSSR count). The topological polar surface area (TPSA) is 46.5 Å². The maximum Gasteiger partial charge on any atom is 0.303 e. The van der Waals surface area contributed by atoms with Crippen LogP contribution in [0.5, 0.6) is 5.75 Å². The van der Waals surface area contributed by atoms with E-state index in [0.717, 1.165) is 48.8 Å². The van der Waals surface area contributed by atoms with Gasteiger partial charge in [0, 0.05) is 11.5 Å². The molecule has 2 atom stereocenters. The minimum absolute atomic E-state index is 0.0803. The van der Waals surface area contributed by atoms with E-state index in [1.54, 1.807) is 24.3 Å². The van der Waals surface area contributed by atoms with Gasteiger partial charge in [0.05, 0.1) is 6.42 Å². The lowest BCUT2D eigenvalue weighted by Crippen LogP contribution is -2.17. The van der Waals surface area contributed by atoms with Crippen molar-refractivity contribution in [2.45, 2.75) is 70.8 Å². The first-order valence-corrected chi connectivity index (χ1v) is 13.3. The monoisotopic (exact) mass is 504 g/mol. The molecule has 3 aromatic carbocycles. The second-order valence-electron chi connectivity index (χ2n) is 11.3. The maximum absolute atomic E-state index is 15.5. The van der Waals surface area contributed by atoms with E-state index in [1.165, 1.54) is 6.07 Å². The molecule has 2 aliphatic rings. The smallest absolute Gasteiger partial charge is 0.303 e. The molecular weight excluding hydrogens is 470 g/mol. The SMILES string of the molecule is CC1(C)CCC[C@@H]1c1cc(COc2cccc([C@H](CC(=O)O)C3CC3)c2F)ccc1-c1ccccc1F. The molecule has 5 heteroatoms. The number of hydrogen-bond donors (Lipinski definition) is 1. The van der Waals surface area contributed by atoms with Crippen LogP contribution in [-0.4, -0.2) is 11.1 Å². The Labute approximate surface area is 217 Å². The van der Waals surface area contributed by atoms with Gasteiger partial charge in [0.1, 0.15) is 12.4 Å². The Morgan fingerprint density at radius 2 is 1.81 bits per heavy atom. The number of aliphatic carboxylic acids is 1. The number of hydrogen-bond acceptors (Lipinski definition) is 2. The molecular formula is C32H34F2O3. The Balaban J connectivity index is 1.44. The summed E-state index contributed by atoms with van der Waals surface area (Å²) in [7, 11) is 0. The van der Waals surface area contributed by atoms with E-state index in [9.17, 15) is 14.3 Å².